The van der Waals surface area contributed by atoms with Gasteiger partial charge in [0.25, 0.3) is 11.8 Å². The fourth-order valence-electron chi connectivity index (χ4n) is 4.98. The van der Waals surface area contributed by atoms with Crippen LogP contribution in [0.1, 0.15) is 36.7 Å². The summed E-state index contributed by atoms with van der Waals surface area (Å²) in [5, 5.41) is 6.15. The first-order chi connectivity index (χ1) is 22.5. The highest BCUT2D eigenvalue weighted by Crippen LogP contribution is 2.36. The first-order valence-electron chi connectivity index (χ1n) is 15.6. The van der Waals surface area contributed by atoms with E-state index in [-0.39, 0.29) is 23.5 Å². The maximum absolute atomic E-state index is 13.8. The zero-order valence-corrected chi connectivity index (χ0v) is 28.2. The Bertz CT molecular complexity index is 2120. The number of hydrogen-bond acceptors (Lipinski definition) is 5. The Labute approximate surface area is 274 Å². The Balaban J connectivity index is 1.24. The monoisotopic (exact) mass is 642 g/mol. The number of anilines is 1. The number of fused-ring (bicyclic) bond motifs is 4. The van der Waals surface area contributed by atoms with Crippen LogP contribution in [0.2, 0.25) is 18.1 Å². The third kappa shape index (κ3) is 6.96. The lowest BCUT2D eigenvalue weighted by Gasteiger charge is -2.35. The number of hydroxylamine groups is 1. The third-order valence-electron chi connectivity index (χ3n) is 8.76. The maximum atomic E-state index is 13.8. The van der Waals surface area contributed by atoms with Crippen molar-refractivity contribution >= 4 is 64.6 Å². The number of carbonyl (C=O) groups excluding carboxylic acids is 2. The molecular formula is C38H38N4O4Si. The van der Waals surface area contributed by atoms with E-state index >= 15 is 0 Å². The second-order valence-corrected chi connectivity index (χ2v) is 17.8. The number of para-hydroxylation sites is 2. The van der Waals surface area contributed by atoms with Gasteiger partial charge in [-0.25, -0.2) is 5.48 Å². The Hall–Kier alpha value is -5.25. The molecule has 0 fully saturated rings. The number of amides is 2. The molecule has 8 nitrogen and oxygen atoms in total. The number of nitrogens with zero attached hydrogens (tertiary/aromatic N) is 1. The number of pyridine rings is 1. The van der Waals surface area contributed by atoms with E-state index in [1.807, 2.05) is 66.7 Å². The summed E-state index contributed by atoms with van der Waals surface area (Å²) < 4.78 is 12.1. The van der Waals surface area contributed by atoms with E-state index in [9.17, 15) is 9.59 Å². The minimum absolute atomic E-state index is 0.0123. The van der Waals surface area contributed by atoms with Crippen LogP contribution in [-0.4, -0.2) is 36.7 Å². The molecule has 0 aliphatic heterocycles. The highest BCUT2D eigenvalue weighted by molar-refractivity contribution is 6.74. The van der Waals surface area contributed by atoms with E-state index in [2.05, 4.69) is 60.7 Å². The zero-order valence-electron chi connectivity index (χ0n) is 27.2. The Morgan fingerprint density at radius 3 is 2.40 bits per heavy atom. The summed E-state index contributed by atoms with van der Waals surface area (Å²) in [6.07, 6.45) is 3.47. The topological polar surface area (TPSA) is 105 Å². The normalized spacial score (nSPS) is 12.4. The van der Waals surface area contributed by atoms with Crippen LogP contribution in [0.15, 0.2) is 109 Å². The summed E-state index contributed by atoms with van der Waals surface area (Å²) >= 11 is 0. The fourth-order valence-corrected chi connectivity index (χ4v) is 5.64. The lowest BCUT2D eigenvalue weighted by Crippen LogP contribution is -2.46. The molecule has 6 aromatic rings. The molecular weight excluding hydrogens is 605 g/mol. The first kappa shape index (κ1) is 31.7. The molecule has 2 amide bonds. The summed E-state index contributed by atoms with van der Waals surface area (Å²) in [5.41, 5.74) is 7.53. The lowest BCUT2D eigenvalue weighted by molar-refractivity contribution is -0.113. The number of H-pyrrole nitrogens is 1. The summed E-state index contributed by atoms with van der Waals surface area (Å²) in [6.45, 7) is 10.5. The van der Waals surface area contributed by atoms with Gasteiger partial charge in [-0.1, -0.05) is 69.3 Å². The van der Waals surface area contributed by atoms with E-state index in [1.165, 1.54) is 0 Å². The van der Waals surface area contributed by atoms with Crippen LogP contribution in [0.3, 0.4) is 0 Å². The van der Waals surface area contributed by atoms with Crippen molar-refractivity contribution in [3.63, 3.8) is 0 Å². The molecule has 0 aliphatic carbocycles. The van der Waals surface area contributed by atoms with Gasteiger partial charge in [0.2, 0.25) is 8.32 Å². The minimum atomic E-state index is -2.16. The Morgan fingerprint density at radius 1 is 0.872 bits per heavy atom. The van der Waals surface area contributed by atoms with Gasteiger partial charge in [-0.2, -0.15) is 0 Å². The van der Waals surface area contributed by atoms with Gasteiger partial charge in [0.05, 0.1) is 22.3 Å². The molecule has 0 aliphatic rings. The van der Waals surface area contributed by atoms with Crippen molar-refractivity contribution in [1.29, 1.82) is 0 Å². The van der Waals surface area contributed by atoms with Gasteiger partial charge in [-0.3, -0.25) is 14.6 Å². The number of hydrogen-bond donors (Lipinski definition) is 3. The second-order valence-electron chi connectivity index (χ2n) is 13.1. The Kier molecular flexibility index (Phi) is 8.68. The summed E-state index contributed by atoms with van der Waals surface area (Å²) in [7, 11) is -2.16. The zero-order chi connectivity index (χ0) is 33.2. The van der Waals surface area contributed by atoms with Crippen molar-refractivity contribution in [2.45, 2.75) is 38.9 Å². The maximum Gasteiger partial charge on any atom is 0.273 e. The smallest absolute Gasteiger partial charge is 0.273 e. The molecule has 0 atom stereocenters. The van der Waals surface area contributed by atoms with Crippen LogP contribution in [0.25, 0.3) is 38.8 Å². The predicted octanol–water partition coefficient (Wildman–Crippen LogP) is 8.64. The molecule has 0 radical (unpaired) electrons. The average Bonchev–Trinajstić information content (AvgIpc) is 3.43. The van der Waals surface area contributed by atoms with Gasteiger partial charge < -0.3 is 19.6 Å². The molecule has 2 heterocycles. The molecule has 0 unspecified atom stereocenters. The fraction of sp³-hybridized carbons (Fsp3) is 0.184. The number of aromatic amines is 1. The second kappa shape index (κ2) is 12.9. The molecule has 4 aromatic carbocycles. The summed E-state index contributed by atoms with van der Waals surface area (Å²) in [4.78, 5) is 34.5. The molecule has 6 rings (SSSR count). The standard InChI is InChI=1S/C38H38N4O4Si/c1-38(2,3)47(4,5)46-42-37(44)27-17-15-25(16-18-27)22-28(36(43)41-33-14-8-10-26-11-9-21-39-35(26)33)24-45-29-19-20-31-30-12-6-7-13-32(30)40-34(31)23-29/h6-23,40H,24H2,1-5H3,(H,41,43)(H,42,44). The molecule has 0 bridgehead atoms. The minimum Gasteiger partial charge on any atom is -0.489 e. The van der Waals surface area contributed by atoms with E-state index in [4.69, 9.17) is 9.26 Å². The molecule has 47 heavy (non-hydrogen) atoms. The molecule has 2 aromatic heterocycles. The summed E-state index contributed by atoms with van der Waals surface area (Å²) in [6, 6.07) is 30.5. The number of benzene rings is 4. The number of carbonyl (C=O) groups is 2. The Morgan fingerprint density at radius 2 is 1.62 bits per heavy atom. The largest absolute Gasteiger partial charge is 0.489 e. The van der Waals surface area contributed by atoms with Crippen molar-refractivity contribution in [3.05, 3.63) is 120 Å². The van der Waals surface area contributed by atoms with Crippen molar-refractivity contribution in [1.82, 2.24) is 15.4 Å². The molecule has 0 saturated heterocycles. The molecule has 3 N–H and O–H groups in total. The predicted molar refractivity (Wildman–Crippen MR) is 192 cm³/mol. The number of aromatic nitrogens is 2. The van der Waals surface area contributed by atoms with E-state index < -0.39 is 8.32 Å². The van der Waals surface area contributed by atoms with Gasteiger partial charge >= 0.3 is 0 Å². The molecule has 238 valence electrons. The lowest BCUT2D eigenvalue weighted by atomic mass is 10.1. The molecule has 0 saturated carbocycles. The van der Waals surface area contributed by atoms with Crippen molar-refractivity contribution in [3.8, 4) is 5.75 Å². The van der Waals surface area contributed by atoms with Gasteiger partial charge in [0, 0.05) is 39.5 Å². The van der Waals surface area contributed by atoms with Crippen molar-refractivity contribution < 1.29 is 18.9 Å². The average molecular weight is 643 g/mol. The van der Waals surface area contributed by atoms with Crippen molar-refractivity contribution in [2.75, 3.05) is 11.9 Å². The van der Waals surface area contributed by atoms with Crippen LogP contribution in [0, 0.1) is 0 Å². The van der Waals surface area contributed by atoms with Crippen LogP contribution < -0.4 is 15.5 Å². The number of rotatable bonds is 9. The SMILES string of the molecule is CC(C)(C)[Si](C)(C)ONC(=O)c1ccc(C=C(COc2ccc3c(c2)[nH]c2ccccc23)C(=O)Nc2cccc3cccnc23)cc1. The third-order valence-corrected chi connectivity index (χ3v) is 13.0. The van der Waals surface area contributed by atoms with Crippen molar-refractivity contribution in [2.24, 2.45) is 0 Å². The van der Waals surface area contributed by atoms with E-state index in [0.717, 1.165) is 32.8 Å². The van der Waals surface area contributed by atoms with E-state index in [0.29, 0.717) is 28.1 Å². The molecule has 9 heteroatoms. The van der Waals surface area contributed by atoms with Gasteiger partial charge in [0.1, 0.15) is 12.4 Å². The quantitative estimate of drug-likeness (QED) is 0.0832. The van der Waals surface area contributed by atoms with Crippen LogP contribution >= 0.6 is 0 Å². The van der Waals surface area contributed by atoms with E-state index in [1.54, 1.807) is 36.5 Å². The number of nitrogens with one attached hydrogen (secondary N) is 3. The van der Waals surface area contributed by atoms with Crippen LogP contribution in [0.4, 0.5) is 5.69 Å². The van der Waals surface area contributed by atoms with Gasteiger partial charge in [-0.05, 0) is 72.2 Å². The van der Waals surface area contributed by atoms with Gasteiger partial charge in [0.15, 0.2) is 0 Å². The van der Waals surface area contributed by atoms with Gasteiger partial charge in [-0.15, -0.1) is 0 Å². The first-order valence-corrected chi connectivity index (χ1v) is 18.5. The highest BCUT2D eigenvalue weighted by atomic mass is 28.4. The highest BCUT2D eigenvalue weighted by Gasteiger charge is 2.38. The van der Waals surface area contributed by atoms with Crippen LogP contribution in [0.5, 0.6) is 5.75 Å². The summed E-state index contributed by atoms with van der Waals surface area (Å²) in [5.74, 6) is -0.00903. The molecule has 0 spiro atoms. The van der Waals surface area contributed by atoms with Crippen LogP contribution in [-0.2, 0) is 9.32 Å². The number of ether oxygens (including phenoxy) is 1.